The van der Waals surface area contributed by atoms with Crippen molar-refractivity contribution in [1.82, 2.24) is 4.90 Å². The highest BCUT2D eigenvalue weighted by Gasteiger charge is 2.92. The molecule has 7 bridgehead atoms. The van der Waals surface area contributed by atoms with Gasteiger partial charge in [0.25, 0.3) is 0 Å². The average Bonchev–Trinajstić information content (AvgIpc) is 3.41. The molecule has 1 aliphatic heterocycles. The first-order chi connectivity index (χ1) is 22.0. The van der Waals surface area contributed by atoms with Crippen LogP contribution in [0.15, 0.2) is 30.3 Å². The third kappa shape index (κ3) is 3.62. The van der Waals surface area contributed by atoms with Crippen molar-refractivity contribution in [1.29, 1.82) is 0 Å². The zero-order valence-corrected chi connectivity index (χ0v) is 27.3. The van der Waals surface area contributed by atoms with Gasteiger partial charge in [-0.3, -0.25) is 9.69 Å². The molecule has 1 saturated heterocycles. The highest BCUT2D eigenvalue weighted by molar-refractivity contribution is 5.89. The number of ether oxygens (including phenoxy) is 6. The summed E-state index contributed by atoms with van der Waals surface area (Å²) in [6.07, 6.45) is -5.49. The van der Waals surface area contributed by atoms with Gasteiger partial charge in [0.15, 0.2) is 5.60 Å². The summed E-state index contributed by atoms with van der Waals surface area (Å²) in [4.78, 5) is 29.3. The fraction of sp³-hybridized carbons (Fsp3) is 0.765. The second-order valence-electron chi connectivity index (χ2n) is 14.4. The highest BCUT2D eigenvalue weighted by atomic mass is 16.6. The normalized spacial score (nSPS) is 49.9. The Balaban J connectivity index is 1.53. The summed E-state index contributed by atoms with van der Waals surface area (Å²) in [6, 6.07) is 8.18. The second kappa shape index (κ2) is 10.9. The Hall–Kier alpha value is -2.16. The van der Waals surface area contributed by atoms with Crippen LogP contribution >= 0.6 is 0 Å². The predicted molar refractivity (Wildman–Crippen MR) is 160 cm³/mol. The van der Waals surface area contributed by atoms with Gasteiger partial charge in [0, 0.05) is 83.0 Å². The Kier molecular flexibility index (Phi) is 7.69. The lowest BCUT2D eigenvalue weighted by molar-refractivity contribution is -0.322. The molecule has 0 radical (unpaired) electrons. The van der Waals surface area contributed by atoms with E-state index in [-0.39, 0.29) is 25.0 Å². The lowest BCUT2D eigenvalue weighted by atomic mass is 9.42. The van der Waals surface area contributed by atoms with Crippen LogP contribution in [0.25, 0.3) is 0 Å². The molecule has 5 aliphatic carbocycles. The maximum absolute atomic E-state index is 13.8. The summed E-state index contributed by atoms with van der Waals surface area (Å²) >= 11 is 0. The first kappa shape index (κ1) is 32.4. The predicted octanol–water partition coefficient (Wildman–Crippen LogP) is 0.648. The van der Waals surface area contributed by atoms with Crippen molar-refractivity contribution in [3.8, 4) is 0 Å². The molecule has 15 atom stereocenters. The number of hydrogen-bond acceptors (Lipinski definition) is 12. The molecule has 12 nitrogen and oxygen atoms in total. The lowest BCUT2D eigenvalue weighted by Gasteiger charge is -2.70. The van der Waals surface area contributed by atoms with Gasteiger partial charge in [0.2, 0.25) is 0 Å². The molecule has 1 aromatic carbocycles. The molecule has 254 valence electrons. The van der Waals surface area contributed by atoms with Crippen LogP contribution in [-0.4, -0.2) is 134 Å². The number of nitrogens with zero attached hydrogens (tertiary/aromatic N) is 1. The zero-order valence-electron chi connectivity index (χ0n) is 27.3. The third-order valence-corrected chi connectivity index (χ3v) is 13.2. The van der Waals surface area contributed by atoms with E-state index in [2.05, 4.69) is 4.90 Å². The smallest absolute Gasteiger partial charge is 0.338 e. The monoisotopic (exact) mass is 645 g/mol. The molecule has 12 heteroatoms. The van der Waals surface area contributed by atoms with Gasteiger partial charge in [-0.2, -0.15) is 0 Å². The zero-order chi connectivity index (χ0) is 33.0. The number of aliphatic hydroxyl groups excluding tert-OH is 2. The number of carbonyl (C=O) groups is 2. The number of rotatable bonds is 9. The number of benzene rings is 1. The number of likely N-dealkylation sites (tertiary alicyclic amines) is 1. The molecule has 5 saturated carbocycles. The molecule has 7 rings (SSSR count). The van der Waals surface area contributed by atoms with Crippen LogP contribution in [0.4, 0.5) is 0 Å². The standard InChI is InChI=1S/C34H47NO11/c1-7-35-15-31(16-41-3)20(37)13-21(42-4)33-19-14-32(40)28(45-30(39)18-11-9-8-10-12-18)22(19)34(46-17(2)36,27(38)29(32)44-6)23(26(33)35)24(43-5)25(31)33/h8-12,19-29,37-38,40H,7,13-16H2,1-6H3/t19?,20-,21?,22?,23?,24?,25?,26?,27+,28?,29?,31+,32-,33+,34?/m1/s1. The number of carbonyl (C=O) groups excluding carboxylic acids is 2. The molecular weight excluding hydrogens is 598 g/mol. The van der Waals surface area contributed by atoms with E-state index in [9.17, 15) is 24.9 Å². The Bertz CT molecular complexity index is 1360. The van der Waals surface area contributed by atoms with Crippen molar-refractivity contribution < 1.29 is 53.3 Å². The topological polar surface area (TPSA) is 153 Å². The fourth-order valence-electron chi connectivity index (χ4n) is 12.3. The van der Waals surface area contributed by atoms with Crippen molar-refractivity contribution in [2.45, 2.75) is 80.6 Å². The van der Waals surface area contributed by atoms with Crippen LogP contribution in [0.2, 0.25) is 0 Å². The Morgan fingerprint density at radius 3 is 2.30 bits per heavy atom. The molecule has 6 fully saturated rings. The summed E-state index contributed by atoms with van der Waals surface area (Å²) in [5, 5.41) is 37.3. The molecular formula is C34H47NO11. The minimum atomic E-state index is -1.83. The summed E-state index contributed by atoms with van der Waals surface area (Å²) < 4.78 is 37.4. The average molecular weight is 646 g/mol. The minimum absolute atomic E-state index is 0.0791. The molecule has 1 spiro atoms. The summed E-state index contributed by atoms with van der Waals surface area (Å²) in [5.74, 6) is -3.65. The molecule has 46 heavy (non-hydrogen) atoms. The van der Waals surface area contributed by atoms with E-state index < -0.39 is 88.3 Å². The molecule has 0 amide bonds. The van der Waals surface area contributed by atoms with E-state index in [1.54, 1.807) is 51.7 Å². The molecule has 0 aromatic heterocycles. The lowest BCUT2D eigenvalue weighted by Crippen LogP contribution is -2.81. The van der Waals surface area contributed by atoms with Crippen LogP contribution in [0.5, 0.6) is 0 Å². The van der Waals surface area contributed by atoms with Gasteiger partial charge in [-0.15, -0.1) is 0 Å². The van der Waals surface area contributed by atoms with E-state index in [4.69, 9.17) is 28.4 Å². The maximum Gasteiger partial charge on any atom is 0.338 e. The molecule has 6 aliphatic rings. The van der Waals surface area contributed by atoms with Gasteiger partial charge >= 0.3 is 11.9 Å². The van der Waals surface area contributed by atoms with Gasteiger partial charge in [0.1, 0.15) is 23.9 Å². The van der Waals surface area contributed by atoms with Crippen LogP contribution < -0.4 is 0 Å². The van der Waals surface area contributed by atoms with Gasteiger partial charge in [-0.1, -0.05) is 25.1 Å². The van der Waals surface area contributed by atoms with Gasteiger partial charge in [-0.05, 0) is 31.0 Å². The van der Waals surface area contributed by atoms with Crippen molar-refractivity contribution in [3.63, 3.8) is 0 Å². The number of fused-ring (bicyclic) bond motifs is 2. The molecule has 3 N–H and O–H groups in total. The number of aliphatic hydroxyl groups is 3. The minimum Gasteiger partial charge on any atom is -0.455 e. The quantitative estimate of drug-likeness (QED) is 0.323. The van der Waals surface area contributed by atoms with E-state index >= 15 is 0 Å². The summed E-state index contributed by atoms with van der Waals surface area (Å²) in [7, 11) is 6.27. The van der Waals surface area contributed by atoms with Crippen molar-refractivity contribution in [2.24, 2.45) is 34.5 Å². The van der Waals surface area contributed by atoms with E-state index in [1.807, 2.05) is 6.92 Å². The summed E-state index contributed by atoms with van der Waals surface area (Å²) in [6.45, 7) is 4.68. The van der Waals surface area contributed by atoms with Crippen molar-refractivity contribution in [2.75, 3.05) is 48.1 Å². The SMILES string of the molecule is CCN1C[C@@]2(COC)C3C(OC)C4C1[C@]3(C(OC)C[C@H]2O)C1C[C@@]2(O)C(OC(=O)c3ccccc3)C1C4(OC(C)=O)[C@@H](O)C2OC. The van der Waals surface area contributed by atoms with Gasteiger partial charge in [0.05, 0.1) is 30.5 Å². The molecule has 10 unspecified atom stereocenters. The van der Waals surface area contributed by atoms with Crippen LogP contribution in [0, 0.1) is 34.5 Å². The first-order valence-electron chi connectivity index (χ1n) is 16.3. The largest absolute Gasteiger partial charge is 0.455 e. The molecule has 1 aromatic rings. The Morgan fingerprint density at radius 1 is 1.00 bits per heavy atom. The number of hydrogen-bond donors (Lipinski definition) is 3. The molecule has 1 heterocycles. The van der Waals surface area contributed by atoms with Crippen LogP contribution in [0.3, 0.4) is 0 Å². The second-order valence-corrected chi connectivity index (χ2v) is 14.4. The van der Waals surface area contributed by atoms with Gasteiger partial charge < -0.3 is 43.7 Å². The van der Waals surface area contributed by atoms with Crippen molar-refractivity contribution in [3.05, 3.63) is 35.9 Å². The Labute approximate surface area is 269 Å². The highest BCUT2D eigenvalue weighted by Crippen LogP contribution is 2.80. The van der Waals surface area contributed by atoms with Crippen LogP contribution in [0.1, 0.15) is 37.0 Å². The summed E-state index contributed by atoms with van der Waals surface area (Å²) in [5.41, 5.74) is -4.79. The maximum atomic E-state index is 13.8. The van der Waals surface area contributed by atoms with Crippen LogP contribution in [-0.2, 0) is 33.2 Å². The first-order valence-corrected chi connectivity index (χ1v) is 16.3. The third-order valence-electron chi connectivity index (χ3n) is 13.2. The number of esters is 2. The van der Waals surface area contributed by atoms with E-state index in [0.29, 0.717) is 25.1 Å². The Morgan fingerprint density at radius 2 is 1.72 bits per heavy atom. The van der Waals surface area contributed by atoms with E-state index in [0.717, 1.165) is 0 Å². The van der Waals surface area contributed by atoms with E-state index in [1.165, 1.54) is 14.0 Å². The number of methoxy groups -OCH3 is 4. The number of piperidine rings is 1. The van der Waals surface area contributed by atoms with Gasteiger partial charge in [-0.25, -0.2) is 4.79 Å². The fourth-order valence-corrected chi connectivity index (χ4v) is 12.3. The van der Waals surface area contributed by atoms with Crippen molar-refractivity contribution >= 4 is 11.9 Å².